The predicted molar refractivity (Wildman–Crippen MR) is 69.4 cm³/mol. The second-order valence-electron chi connectivity index (χ2n) is 1.89. The van der Waals surface area contributed by atoms with Gasteiger partial charge in [-0.25, -0.2) is 0 Å². The van der Waals surface area contributed by atoms with Crippen molar-refractivity contribution in [2.45, 2.75) is 0 Å². The molecule has 0 aliphatic rings. The van der Waals surface area contributed by atoms with Gasteiger partial charge >= 0.3 is 0 Å². The van der Waals surface area contributed by atoms with E-state index in [0.29, 0.717) is 17.2 Å². The summed E-state index contributed by atoms with van der Waals surface area (Å²) in [7, 11) is 0. The molecule has 0 amide bonds. The Labute approximate surface area is 107 Å². The lowest BCUT2D eigenvalue weighted by Crippen LogP contribution is -1.60. The minimum Gasteiger partial charge on any atom is -0.285 e. The highest BCUT2D eigenvalue weighted by atomic mass is 32.2. The Balaban J connectivity index is 0.000000140. The van der Waals surface area contributed by atoms with Gasteiger partial charge in [0.1, 0.15) is 9.28 Å². The highest BCUT2D eigenvalue weighted by Crippen LogP contribution is 1.94. The van der Waals surface area contributed by atoms with E-state index in [2.05, 4.69) is 18.9 Å². The van der Waals surface area contributed by atoms with E-state index in [1.165, 1.54) is 23.1 Å². The third-order valence-electron chi connectivity index (χ3n) is 0.946. The van der Waals surface area contributed by atoms with Gasteiger partial charge in [-0.1, -0.05) is 35.8 Å². The van der Waals surface area contributed by atoms with Gasteiger partial charge in [-0.05, 0) is 24.4 Å². The molecule has 0 saturated carbocycles. The molecule has 0 aliphatic heterocycles. The Hall–Kier alpha value is -0.0000000000000000833. The minimum absolute atomic E-state index is 0.625. The number of hydrogen-bond acceptors (Lipinski definition) is 6. The molecule has 2 aromatic rings. The maximum Gasteiger partial charge on any atom is 0.175 e. The van der Waals surface area contributed by atoms with Crippen LogP contribution in [0.25, 0.3) is 0 Å². The predicted octanol–water partition coefficient (Wildman–Crippen LogP) is 3.73. The Morgan fingerprint density at radius 3 is 1.36 bits per heavy atom. The van der Waals surface area contributed by atoms with Gasteiger partial charge < -0.3 is 0 Å². The molecule has 0 saturated heterocycles. The molecule has 2 aromatic heterocycles. The summed E-state index contributed by atoms with van der Waals surface area (Å²) < 4.78 is 8.18. The van der Waals surface area contributed by atoms with Crippen LogP contribution < -0.4 is 0 Å². The molecule has 2 heterocycles. The summed E-state index contributed by atoms with van der Waals surface area (Å²) in [5.41, 5.74) is 0. The highest BCUT2D eigenvalue weighted by molar-refractivity contribution is 7.75. The van der Waals surface area contributed by atoms with Crippen molar-refractivity contribution in [1.29, 1.82) is 0 Å². The van der Waals surface area contributed by atoms with Crippen molar-refractivity contribution in [3.8, 4) is 0 Å². The zero-order valence-corrected chi connectivity index (χ0v) is 11.3. The summed E-state index contributed by atoms with van der Waals surface area (Å²) in [4.78, 5) is 0. The van der Waals surface area contributed by atoms with Crippen LogP contribution >= 0.6 is 71.9 Å². The molecule has 0 atom stereocenters. The average Bonchev–Trinajstić information content (AvgIpc) is 2.65. The van der Waals surface area contributed by atoms with E-state index < -0.39 is 0 Å². The molecule has 0 aliphatic carbocycles. The Morgan fingerprint density at radius 2 is 1.21 bits per heavy atom. The van der Waals surface area contributed by atoms with Gasteiger partial charge in [-0.15, -0.1) is 0 Å². The number of hydrogen-bond donors (Lipinski definition) is 4. The summed E-state index contributed by atoms with van der Waals surface area (Å²) in [5, 5.41) is 5.34. The third-order valence-corrected chi connectivity index (χ3v) is 3.84. The zero-order valence-electron chi connectivity index (χ0n) is 6.45. The first-order valence-electron chi connectivity index (χ1n) is 3.13. The van der Waals surface area contributed by atoms with Crippen LogP contribution in [0, 0.1) is 17.2 Å². The molecular formula is C4H4N4S6. The molecule has 0 bridgehead atoms. The lowest BCUT2D eigenvalue weighted by molar-refractivity contribution is 1.07. The van der Waals surface area contributed by atoms with Gasteiger partial charge in [0.2, 0.25) is 0 Å². The van der Waals surface area contributed by atoms with E-state index in [1.54, 1.807) is 0 Å². The first-order chi connectivity index (χ1) is 6.59. The van der Waals surface area contributed by atoms with Crippen LogP contribution in [0.2, 0.25) is 0 Å². The van der Waals surface area contributed by atoms with Crippen LogP contribution in [0.3, 0.4) is 0 Å². The van der Waals surface area contributed by atoms with E-state index >= 15 is 0 Å². The van der Waals surface area contributed by atoms with Gasteiger partial charge in [0.15, 0.2) is 7.91 Å². The topological polar surface area (TPSA) is 63.2 Å². The second-order valence-corrected chi connectivity index (χ2v) is 5.67. The first-order valence-corrected chi connectivity index (χ1v) is 6.40. The maximum atomic E-state index is 4.71. The van der Waals surface area contributed by atoms with Crippen molar-refractivity contribution in [2.75, 3.05) is 0 Å². The van der Waals surface area contributed by atoms with Crippen LogP contribution in [-0.2, 0) is 0 Å². The van der Waals surface area contributed by atoms with E-state index in [4.69, 9.17) is 48.9 Å². The second kappa shape index (κ2) is 5.78. The van der Waals surface area contributed by atoms with Crippen LogP contribution in [-0.4, -0.2) is 18.9 Å². The molecular weight excluding hydrogens is 296 g/mol. The molecule has 0 radical (unpaired) electrons. The summed E-state index contributed by atoms with van der Waals surface area (Å²) in [6, 6.07) is 0. The van der Waals surface area contributed by atoms with E-state index in [1.807, 2.05) is 0 Å². The van der Waals surface area contributed by atoms with Gasteiger partial charge in [0, 0.05) is 11.7 Å². The van der Waals surface area contributed by atoms with Crippen molar-refractivity contribution < 1.29 is 0 Å². The Morgan fingerprint density at radius 1 is 0.786 bits per heavy atom. The first kappa shape index (κ1) is 12.1. The normalized spacial score (nSPS) is 9.14. The van der Waals surface area contributed by atoms with Gasteiger partial charge in [-0.2, -0.15) is 0 Å². The van der Waals surface area contributed by atoms with Gasteiger partial charge in [-0.3, -0.25) is 18.9 Å². The smallest absolute Gasteiger partial charge is 0.175 e. The van der Waals surface area contributed by atoms with Crippen LogP contribution in [0.5, 0.6) is 0 Å². The average molecular weight is 301 g/mol. The number of H-pyrrole nitrogens is 4. The largest absolute Gasteiger partial charge is 0.285 e. The fourth-order valence-electron chi connectivity index (χ4n) is 0.448. The summed E-state index contributed by atoms with van der Waals surface area (Å²) in [5.74, 6) is 0. The number of rotatable bonds is 0. The molecule has 0 spiro atoms. The van der Waals surface area contributed by atoms with E-state index in [-0.39, 0.29) is 0 Å². The molecule has 14 heavy (non-hydrogen) atoms. The fraction of sp³-hybridized carbons (Fsp3) is 0. The van der Waals surface area contributed by atoms with E-state index in [0.717, 1.165) is 0 Å². The maximum absolute atomic E-state index is 4.71. The summed E-state index contributed by atoms with van der Waals surface area (Å²) >= 11 is 21.5. The fourth-order valence-corrected chi connectivity index (χ4v) is 2.50. The Kier molecular flexibility index (Phi) is 4.98. The van der Waals surface area contributed by atoms with Crippen LogP contribution in [0.15, 0.2) is 0 Å². The molecule has 4 N–H and O–H groups in total. The van der Waals surface area contributed by atoms with Gasteiger partial charge in [0.05, 0.1) is 0 Å². The van der Waals surface area contributed by atoms with E-state index in [9.17, 15) is 0 Å². The third kappa shape index (κ3) is 4.02. The minimum atomic E-state index is 0.625. The molecule has 0 fully saturated rings. The summed E-state index contributed by atoms with van der Waals surface area (Å²) in [6.45, 7) is 0. The molecule has 4 nitrogen and oxygen atoms in total. The number of aromatic nitrogens is 4. The lowest BCUT2D eigenvalue weighted by atomic mass is 11.0. The molecule has 10 heteroatoms. The van der Waals surface area contributed by atoms with Gasteiger partial charge in [0.25, 0.3) is 0 Å². The Bertz CT molecular complexity index is 539. The van der Waals surface area contributed by atoms with Crippen molar-refractivity contribution in [1.82, 2.24) is 18.9 Å². The molecule has 76 valence electrons. The summed E-state index contributed by atoms with van der Waals surface area (Å²) in [6.07, 6.45) is 0. The lowest BCUT2D eigenvalue weighted by Gasteiger charge is -1.57. The zero-order chi connectivity index (χ0) is 10.6. The molecule has 0 aromatic carbocycles. The number of nitrogens with one attached hydrogen (secondary N) is 4. The monoisotopic (exact) mass is 300 g/mol. The van der Waals surface area contributed by atoms with Crippen LogP contribution in [0.4, 0.5) is 0 Å². The van der Waals surface area contributed by atoms with Crippen molar-refractivity contribution in [3.05, 3.63) is 17.2 Å². The standard InChI is InChI=1S/2C2H2N2S3/c5-1-3-4-2(6)7-1;5-1-2(6)4-7-3-1/h2*(H,3,5)(H,4,6). The number of aromatic amines is 4. The molecule has 0 unspecified atom stereocenters. The van der Waals surface area contributed by atoms with Crippen molar-refractivity contribution in [2.24, 2.45) is 0 Å². The van der Waals surface area contributed by atoms with Crippen molar-refractivity contribution >= 4 is 71.9 Å². The molecule has 2 rings (SSSR count). The van der Waals surface area contributed by atoms with Crippen molar-refractivity contribution in [3.63, 3.8) is 0 Å². The highest BCUT2D eigenvalue weighted by Gasteiger charge is 1.77. The quantitative estimate of drug-likeness (QED) is 0.560. The van der Waals surface area contributed by atoms with Crippen LogP contribution in [0.1, 0.15) is 0 Å². The SMILES string of the molecule is S=c1[nH][nH]c(=S)s1.S=c1[nH]s[nH]c1=S.